The number of halogens is 1. The van der Waals surface area contributed by atoms with Gasteiger partial charge in [-0.1, -0.05) is 26.8 Å². The van der Waals surface area contributed by atoms with Crippen molar-refractivity contribution in [3.63, 3.8) is 0 Å². The molecule has 0 aliphatic carbocycles. The predicted octanol–water partition coefficient (Wildman–Crippen LogP) is 4.28. The Hall–Kier alpha value is -2.68. The van der Waals surface area contributed by atoms with E-state index in [0.29, 0.717) is 25.9 Å². The van der Waals surface area contributed by atoms with Gasteiger partial charge in [0.2, 0.25) is 5.91 Å². The normalized spacial score (nSPS) is 17.0. The Morgan fingerprint density at radius 2 is 1.71 bits per heavy atom. The monoisotopic (exact) mass is 480 g/mol. The summed E-state index contributed by atoms with van der Waals surface area (Å²) in [6, 6.07) is 4.09. The quantitative estimate of drug-likeness (QED) is 0.610. The summed E-state index contributed by atoms with van der Waals surface area (Å²) in [4.78, 5) is 39.2. The summed E-state index contributed by atoms with van der Waals surface area (Å²) in [6.07, 6.45) is -1.20. The van der Waals surface area contributed by atoms with E-state index in [1.54, 1.807) is 46.4 Å². The molecule has 8 nitrogen and oxygen atoms in total. The molecule has 0 saturated carbocycles. The second kappa shape index (κ2) is 10.7. The lowest BCUT2D eigenvalue weighted by Gasteiger charge is -2.37. The molecule has 2 amide bonds. The maximum atomic E-state index is 14.9. The third-order valence-electron chi connectivity index (χ3n) is 5.79. The summed E-state index contributed by atoms with van der Waals surface area (Å²) in [6.45, 7) is 11.1. The smallest absolute Gasteiger partial charge is 0.410 e. The lowest BCUT2D eigenvalue weighted by molar-refractivity contribution is -0.153. The molecular formula is C25H37FN2O6. The number of anilines is 1. The average Bonchev–Trinajstić information content (AvgIpc) is 2.72. The summed E-state index contributed by atoms with van der Waals surface area (Å²) in [5.74, 6) is -3.22. The molecule has 0 bridgehead atoms. The number of esters is 1. The first-order valence-electron chi connectivity index (χ1n) is 11.5. The summed E-state index contributed by atoms with van der Waals surface area (Å²) in [5, 5.41) is 13.9. The number of carbonyl (C=O) groups is 3. The number of piperidine rings is 1. The van der Waals surface area contributed by atoms with Crippen molar-refractivity contribution in [2.75, 3.05) is 25.5 Å². The molecule has 9 heteroatoms. The van der Waals surface area contributed by atoms with E-state index in [0.717, 1.165) is 0 Å². The number of rotatable bonds is 5. The van der Waals surface area contributed by atoms with Crippen molar-refractivity contribution in [1.29, 1.82) is 0 Å². The Kier molecular flexibility index (Phi) is 8.69. The molecule has 2 N–H and O–H groups in total. The van der Waals surface area contributed by atoms with Crippen LogP contribution in [-0.4, -0.2) is 53.8 Å². The second-order valence-corrected chi connectivity index (χ2v) is 10.7. The highest BCUT2D eigenvalue weighted by molar-refractivity contribution is 5.95. The van der Waals surface area contributed by atoms with Crippen LogP contribution in [0.25, 0.3) is 0 Å². The molecule has 2 atom stereocenters. The van der Waals surface area contributed by atoms with Gasteiger partial charge < -0.3 is 24.8 Å². The van der Waals surface area contributed by atoms with Crippen molar-refractivity contribution in [3.05, 3.63) is 29.6 Å². The van der Waals surface area contributed by atoms with Crippen molar-refractivity contribution in [1.82, 2.24) is 4.90 Å². The summed E-state index contributed by atoms with van der Waals surface area (Å²) < 4.78 is 25.3. The number of hydrogen-bond donors (Lipinski definition) is 2. The van der Waals surface area contributed by atoms with Gasteiger partial charge in [-0.05, 0) is 51.7 Å². The number of amides is 2. The minimum atomic E-state index is -1.55. The van der Waals surface area contributed by atoms with Gasteiger partial charge in [0.05, 0.1) is 19.1 Å². The highest BCUT2D eigenvalue weighted by Gasteiger charge is 2.41. The number of nitrogens with zero attached hydrogens (tertiary/aromatic N) is 1. The number of benzene rings is 1. The largest absolute Gasteiger partial charge is 0.469 e. The van der Waals surface area contributed by atoms with Gasteiger partial charge in [0.15, 0.2) is 0 Å². The fourth-order valence-corrected chi connectivity index (χ4v) is 3.92. The average molecular weight is 481 g/mol. The molecule has 1 aliphatic rings. The van der Waals surface area contributed by atoms with Crippen LogP contribution in [0.1, 0.15) is 66.1 Å². The number of aliphatic hydroxyl groups excluding tert-OH is 1. The molecule has 1 fully saturated rings. The van der Waals surface area contributed by atoms with Crippen LogP contribution in [0.4, 0.5) is 14.9 Å². The van der Waals surface area contributed by atoms with E-state index in [2.05, 4.69) is 5.32 Å². The maximum absolute atomic E-state index is 14.9. The fourth-order valence-electron chi connectivity index (χ4n) is 3.92. The number of methoxy groups -OCH3 is 1. The van der Waals surface area contributed by atoms with Gasteiger partial charge >= 0.3 is 12.1 Å². The number of nitrogens with one attached hydrogen (secondary N) is 1. The fraction of sp³-hybridized carbons (Fsp3) is 0.640. The lowest BCUT2D eigenvalue weighted by atomic mass is 9.78. The highest BCUT2D eigenvalue weighted by Crippen LogP contribution is 2.39. The van der Waals surface area contributed by atoms with E-state index in [1.165, 1.54) is 25.3 Å². The van der Waals surface area contributed by atoms with Gasteiger partial charge in [-0.15, -0.1) is 0 Å². The summed E-state index contributed by atoms with van der Waals surface area (Å²) in [7, 11) is 1.21. The van der Waals surface area contributed by atoms with Gasteiger partial charge in [0, 0.05) is 29.8 Å². The van der Waals surface area contributed by atoms with Crippen LogP contribution in [0.5, 0.6) is 0 Å². The summed E-state index contributed by atoms with van der Waals surface area (Å²) >= 11 is 0. The SMILES string of the molecule is COC(=O)C(C1CCN(C(=O)OC(C)(C)C)CC1)C(O)c1c(F)cccc1NC(=O)C(C)(C)C. The Labute approximate surface area is 200 Å². The number of hydrogen-bond acceptors (Lipinski definition) is 6. The molecule has 34 heavy (non-hydrogen) atoms. The Morgan fingerprint density at radius 1 is 1.12 bits per heavy atom. The zero-order valence-corrected chi connectivity index (χ0v) is 21.1. The van der Waals surface area contributed by atoms with E-state index in [-0.39, 0.29) is 23.1 Å². The number of aliphatic hydroxyl groups is 1. The Bertz CT molecular complexity index is 898. The third-order valence-corrected chi connectivity index (χ3v) is 5.79. The molecule has 0 aromatic heterocycles. The molecule has 1 aliphatic heterocycles. The zero-order chi connectivity index (χ0) is 25.8. The first-order chi connectivity index (χ1) is 15.7. The molecule has 190 valence electrons. The van der Waals surface area contributed by atoms with Gasteiger partial charge in [-0.3, -0.25) is 9.59 Å². The second-order valence-electron chi connectivity index (χ2n) is 10.7. The van der Waals surface area contributed by atoms with Crippen LogP contribution >= 0.6 is 0 Å². The number of carbonyl (C=O) groups excluding carboxylic acids is 3. The van der Waals surface area contributed by atoms with E-state index in [9.17, 15) is 23.9 Å². The third kappa shape index (κ3) is 6.91. The van der Waals surface area contributed by atoms with Crippen LogP contribution in [0.2, 0.25) is 0 Å². The van der Waals surface area contributed by atoms with E-state index in [1.807, 2.05) is 0 Å². The lowest BCUT2D eigenvalue weighted by Crippen LogP contribution is -2.44. The molecule has 2 rings (SSSR count). The van der Waals surface area contributed by atoms with E-state index >= 15 is 0 Å². The van der Waals surface area contributed by atoms with Crippen molar-refractivity contribution in [2.45, 2.75) is 66.1 Å². The molecule has 1 heterocycles. The van der Waals surface area contributed by atoms with Crippen molar-refractivity contribution < 1.29 is 33.4 Å². The van der Waals surface area contributed by atoms with Gasteiger partial charge in [0.1, 0.15) is 11.4 Å². The van der Waals surface area contributed by atoms with Gasteiger partial charge in [0.25, 0.3) is 0 Å². The minimum Gasteiger partial charge on any atom is -0.469 e. The van der Waals surface area contributed by atoms with Crippen LogP contribution in [0.15, 0.2) is 18.2 Å². The molecule has 1 aromatic carbocycles. The molecule has 1 aromatic rings. The minimum absolute atomic E-state index is 0.104. The van der Waals surface area contributed by atoms with E-state index < -0.39 is 40.9 Å². The van der Waals surface area contributed by atoms with Gasteiger partial charge in [-0.2, -0.15) is 0 Å². The molecule has 1 saturated heterocycles. The predicted molar refractivity (Wildman–Crippen MR) is 125 cm³/mol. The van der Waals surface area contributed by atoms with Gasteiger partial charge in [-0.25, -0.2) is 9.18 Å². The Morgan fingerprint density at radius 3 is 2.21 bits per heavy atom. The highest BCUT2D eigenvalue weighted by atomic mass is 19.1. The number of ether oxygens (including phenoxy) is 2. The summed E-state index contributed by atoms with van der Waals surface area (Å²) in [5.41, 5.74) is -1.43. The maximum Gasteiger partial charge on any atom is 0.410 e. The first kappa shape index (κ1) is 27.6. The van der Waals surface area contributed by atoms with Crippen LogP contribution in [-0.2, 0) is 19.1 Å². The standard InChI is InChI=1S/C25H37FN2O6/c1-24(2,3)22(31)27-17-10-8-9-16(26)19(17)20(29)18(21(30)33-7)15-11-13-28(14-12-15)23(32)34-25(4,5)6/h8-10,15,18,20,29H,11-14H2,1-7H3,(H,27,31). The molecular weight excluding hydrogens is 443 g/mol. The van der Waals surface area contributed by atoms with Crippen LogP contribution in [0.3, 0.4) is 0 Å². The van der Waals surface area contributed by atoms with Crippen LogP contribution in [0, 0.1) is 23.1 Å². The zero-order valence-electron chi connectivity index (χ0n) is 21.1. The van der Waals surface area contributed by atoms with Crippen LogP contribution < -0.4 is 5.32 Å². The Balaban J connectivity index is 2.28. The number of likely N-dealkylation sites (tertiary alicyclic amines) is 1. The molecule has 2 unspecified atom stereocenters. The molecule has 0 spiro atoms. The van der Waals surface area contributed by atoms with E-state index in [4.69, 9.17) is 9.47 Å². The van der Waals surface area contributed by atoms with Crippen molar-refractivity contribution in [2.24, 2.45) is 17.3 Å². The topological polar surface area (TPSA) is 105 Å². The first-order valence-corrected chi connectivity index (χ1v) is 11.5. The molecule has 0 radical (unpaired) electrons. The van der Waals surface area contributed by atoms with Crippen molar-refractivity contribution >= 4 is 23.7 Å². The van der Waals surface area contributed by atoms with Crippen molar-refractivity contribution in [3.8, 4) is 0 Å².